The lowest BCUT2D eigenvalue weighted by molar-refractivity contribution is -0.139. The van der Waals surface area contributed by atoms with Crippen molar-refractivity contribution in [2.45, 2.75) is 65.9 Å². The van der Waals surface area contributed by atoms with Gasteiger partial charge in [0.1, 0.15) is 12.4 Å². The molecule has 1 fully saturated rings. The number of carbonyl (C=O) groups excluding carboxylic acids is 1. The molecule has 0 heterocycles. The predicted molar refractivity (Wildman–Crippen MR) is 158 cm³/mol. The van der Waals surface area contributed by atoms with E-state index in [1.54, 1.807) is 0 Å². The summed E-state index contributed by atoms with van der Waals surface area (Å²) in [6.07, 6.45) is 16.7. The highest BCUT2D eigenvalue weighted by Crippen LogP contribution is 2.50. The number of rotatable bonds is 13. The first-order valence-electron chi connectivity index (χ1n) is 14.2. The van der Waals surface area contributed by atoms with Crippen molar-refractivity contribution in [1.29, 1.82) is 0 Å². The fourth-order valence-corrected chi connectivity index (χ4v) is 5.50. The molecule has 3 heteroatoms. The van der Waals surface area contributed by atoms with Gasteiger partial charge in [-0.1, -0.05) is 92.2 Å². The normalized spacial score (nSPS) is 20.3. The van der Waals surface area contributed by atoms with Crippen molar-refractivity contribution in [3.05, 3.63) is 114 Å². The summed E-state index contributed by atoms with van der Waals surface area (Å²) in [4.78, 5) is 15.6. The Bertz CT molecular complexity index is 1190. The van der Waals surface area contributed by atoms with Crippen molar-refractivity contribution in [3.8, 4) is 0 Å². The lowest BCUT2D eigenvalue weighted by Crippen LogP contribution is -2.42. The number of carbonyl (C=O) groups is 1. The van der Waals surface area contributed by atoms with Gasteiger partial charge >= 0.3 is 0 Å². The smallest absolute Gasteiger partial charge is 0.232 e. The Kier molecular flexibility index (Phi) is 9.44. The maximum absolute atomic E-state index is 13.5. The number of nitrogens with zero attached hydrogens (tertiary/aromatic N) is 1. The molecule has 3 nitrogen and oxygen atoms in total. The fourth-order valence-electron chi connectivity index (χ4n) is 5.50. The van der Waals surface area contributed by atoms with Crippen molar-refractivity contribution in [2.75, 3.05) is 13.1 Å². The first-order valence-corrected chi connectivity index (χ1v) is 14.2. The van der Waals surface area contributed by atoms with Gasteiger partial charge < -0.3 is 9.64 Å². The summed E-state index contributed by atoms with van der Waals surface area (Å²) < 4.78 is 6.05. The third-order valence-electron chi connectivity index (χ3n) is 8.02. The van der Waals surface area contributed by atoms with Crippen LogP contribution in [0.3, 0.4) is 0 Å². The summed E-state index contributed by atoms with van der Waals surface area (Å²) >= 11 is 0. The standard InChI is InChI=1S/C35H43NO2/c1-5-7-23-36(34(37)35-21-18-30(25-35)19-22-35)24-20-29-11-13-31(14-12-29)26-38-33(6-2)17-10-28(4)32-15-8-27(3)9-16-32/h6,8-18,21,30H,4-5,7,19-20,22-26H2,1-3H3/b17-10-,33-6+/t30?,35-/m1/s1. The van der Waals surface area contributed by atoms with E-state index in [0.29, 0.717) is 18.4 Å². The van der Waals surface area contributed by atoms with Crippen LogP contribution >= 0.6 is 0 Å². The number of amides is 1. The molecule has 1 unspecified atom stereocenters. The molecule has 2 aliphatic rings. The molecule has 38 heavy (non-hydrogen) atoms. The molecule has 0 spiro atoms. The zero-order valence-electron chi connectivity index (χ0n) is 23.4. The van der Waals surface area contributed by atoms with Crippen LogP contribution in [-0.2, 0) is 22.6 Å². The maximum atomic E-state index is 13.5. The average Bonchev–Trinajstić information content (AvgIpc) is 3.57. The molecule has 0 aromatic heterocycles. The molecule has 0 radical (unpaired) electrons. The Balaban J connectivity index is 1.28. The topological polar surface area (TPSA) is 29.5 Å². The number of benzene rings is 2. The second kappa shape index (κ2) is 13.0. The van der Waals surface area contributed by atoms with Crippen LogP contribution in [0.2, 0.25) is 0 Å². The minimum atomic E-state index is -0.217. The predicted octanol–water partition coefficient (Wildman–Crippen LogP) is 8.21. The van der Waals surface area contributed by atoms with Gasteiger partial charge in [-0.2, -0.15) is 0 Å². The lowest BCUT2D eigenvalue weighted by atomic mass is 9.86. The van der Waals surface area contributed by atoms with Crippen molar-refractivity contribution >= 4 is 11.5 Å². The molecule has 1 amide bonds. The van der Waals surface area contributed by atoms with Gasteiger partial charge in [-0.3, -0.25) is 4.79 Å². The van der Waals surface area contributed by atoms with E-state index in [0.717, 1.165) is 67.7 Å². The molecule has 0 aliphatic heterocycles. The molecule has 2 aromatic carbocycles. The zero-order chi connectivity index (χ0) is 27.0. The number of ether oxygens (including phenoxy) is 1. The highest BCUT2D eigenvalue weighted by atomic mass is 16.5. The van der Waals surface area contributed by atoms with Crippen LogP contribution in [0, 0.1) is 18.3 Å². The third kappa shape index (κ3) is 6.95. The molecule has 1 saturated carbocycles. The molecule has 200 valence electrons. The van der Waals surface area contributed by atoms with E-state index in [1.165, 1.54) is 17.5 Å². The lowest BCUT2D eigenvalue weighted by Gasteiger charge is -2.32. The van der Waals surface area contributed by atoms with E-state index < -0.39 is 0 Å². The molecule has 4 rings (SSSR count). The molecular weight excluding hydrogens is 466 g/mol. The van der Waals surface area contributed by atoms with Crippen molar-refractivity contribution in [2.24, 2.45) is 11.3 Å². The summed E-state index contributed by atoms with van der Waals surface area (Å²) in [6, 6.07) is 17.0. The van der Waals surface area contributed by atoms with Crippen LogP contribution in [0.15, 0.2) is 91.2 Å². The highest BCUT2D eigenvalue weighted by Gasteiger charge is 2.47. The quantitative estimate of drug-likeness (QED) is 0.155. The van der Waals surface area contributed by atoms with Crippen molar-refractivity contribution in [3.63, 3.8) is 0 Å². The van der Waals surface area contributed by atoms with Crippen molar-refractivity contribution < 1.29 is 9.53 Å². The molecule has 0 saturated heterocycles. The Labute approximate surface area is 229 Å². The van der Waals surface area contributed by atoms with Gasteiger partial charge in [0.25, 0.3) is 0 Å². The Morgan fingerprint density at radius 1 is 1.08 bits per heavy atom. The first-order chi connectivity index (χ1) is 18.4. The fraction of sp³-hybridized carbons (Fsp3) is 0.400. The van der Waals surface area contributed by atoms with Gasteiger partial charge in [0.15, 0.2) is 0 Å². The highest BCUT2D eigenvalue weighted by molar-refractivity contribution is 5.86. The molecule has 2 aliphatic carbocycles. The number of unbranched alkanes of at least 4 members (excludes halogenated alkanes) is 1. The summed E-state index contributed by atoms with van der Waals surface area (Å²) in [5.74, 6) is 1.79. The third-order valence-corrected chi connectivity index (χ3v) is 8.02. The molecule has 2 aromatic rings. The molecule has 0 N–H and O–H groups in total. The van der Waals surface area contributed by atoms with E-state index >= 15 is 0 Å². The van der Waals surface area contributed by atoms with E-state index in [9.17, 15) is 4.79 Å². The average molecular weight is 510 g/mol. The monoisotopic (exact) mass is 509 g/mol. The van der Waals surface area contributed by atoms with Gasteiger partial charge in [-0.05, 0) is 86.3 Å². The van der Waals surface area contributed by atoms with Gasteiger partial charge in [-0.15, -0.1) is 0 Å². The largest absolute Gasteiger partial charge is 0.489 e. The molecule has 2 atom stereocenters. The van der Waals surface area contributed by atoms with Crippen LogP contribution < -0.4 is 0 Å². The Hall–Kier alpha value is -3.33. The second-order valence-electron chi connectivity index (χ2n) is 10.9. The Morgan fingerprint density at radius 3 is 2.42 bits per heavy atom. The van der Waals surface area contributed by atoms with Gasteiger partial charge in [0.2, 0.25) is 5.91 Å². The SMILES string of the molecule is C=C(/C=C\C(=C/C)OCc1ccc(CCN(CCCC)C(=O)[C@]23C=CC(CC2)C3)cc1)c1ccc(C)cc1. The maximum Gasteiger partial charge on any atom is 0.232 e. The van der Waals surface area contributed by atoms with E-state index in [1.807, 2.05) is 25.2 Å². The number of allylic oxidation sites excluding steroid dienone is 5. The van der Waals surface area contributed by atoms with Crippen LogP contribution in [0.4, 0.5) is 0 Å². The summed E-state index contributed by atoms with van der Waals surface area (Å²) in [7, 11) is 0. The van der Waals surface area contributed by atoms with Crippen molar-refractivity contribution in [1.82, 2.24) is 4.90 Å². The van der Waals surface area contributed by atoms with E-state index in [-0.39, 0.29) is 5.41 Å². The number of hydrogen-bond donors (Lipinski definition) is 0. The van der Waals surface area contributed by atoms with Crippen LogP contribution in [0.5, 0.6) is 0 Å². The van der Waals surface area contributed by atoms with Gasteiger partial charge in [0.05, 0.1) is 5.41 Å². The zero-order valence-corrected chi connectivity index (χ0v) is 23.4. The van der Waals surface area contributed by atoms with Gasteiger partial charge in [0, 0.05) is 13.1 Å². The first kappa shape index (κ1) is 27.7. The minimum Gasteiger partial charge on any atom is -0.489 e. The van der Waals surface area contributed by atoms with Gasteiger partial charge in [-0.25, -0.2) is 0 Å². The summed E-state index contributed by atoms with van der Waals surface area (Å²) in [5.41, 5.74) is 5.48. The number of aryl methyl sites for hydroxylation is 1. The summed E-state index contributed by atoms with van der Waals surface area (Å²) in [6.45, 7) is 12.6. The number of fused-ring (bicyclic) bond motifs is 2. The molecule has 2 bridgehead atoms. The van der Waals surface area contributed by atoms with Crippen LogP contribution in [0.25, 0.3) is 5.57 Å². The van der Waals surface area contributed by atoms with Crippen LogP contribution in [0.1, 0.15) is 68.2 Å². The van der Waals surface area contributed by atoms with Crippen LogP contribution in [-0.4, -0.2) is 23.9 Å². The summed E-state index contributed by atoms with van der Waals surface area (Å²) in [5, 5.41) is 0. The van der Waals surface area contributed by atoms with E-state index in [4.69, 9.17) is 4.74 Å². The minimum absolute atomic E-state index is 0.217. The van der Waals surface area contributed by atoms with E-state index in [2.05, 4.69) is 86.0 Å². The molecular formula is C35H43NO2. The second-order valence-corrected chi connectivity index (χ2v) is 10.9. The number of hydrogen-bond acceptors (Lipinski definition) is 2. The Morgan fingerprint density at radius 2 is 1.82 bits per heavy atom.